The lowest BCUT2D eigenvalue weighted by Gasteiger charge is -2.27. The third-order valence-corrected chi connectivity index (χ3v) is 3.93. The quantitative estimate of drug-likeness (QED) is 0.729. The van der Waals surface area contributed by atoms with E-state index in [1.54, 1.807) is 0 Å². The van der Waals surface area contributed by atoms with Crippen molar-refractivity contribution in [3.05, 3.63) is 0 Å². The number of esters is 1. The molecule has 2 fully saturated rings. The number of hydrogen-bond donors (Lipinski definition) is 2. The van der Waals surface area contributed by atoms with Crippen LogP contribution in [0.15, 0.2) is 0 Å². The minimum atomic E-state index is -3.34. The van der Waals surface area contributed by atoms with Gasteiger partial charge in [0.25, 0.3) is 0 Å². The highest BCUT2D eigenvalue weighted by Crippen LogP contribution is 2.37. The highest BCUT2D eigenvalue weighted by Gasteiger charge is 2.50. The first kappa shape index (κ1) is 13.7. The Morgan fingerprint density at radius 1 is 1.39 bits per heavy atom. The molecule has 18 heavy (non-hydrogen) atoms. The Kier molecular flexibility index (Phi) is 3.87. The number of cyclic esters (lactones) is 1. The van der Waals surface area contributed by atoms with Gasteiger partial charge in [-0.05, 0) is 12.8 Å². The van der Waals surface area contributed by atoms with Crippen molar-refractivity contribution in [3.8, 4) is 0 Å². The summed E-state index contributed by atoms with van der Waals surface area (Å²) in [5.41, 5.74) is -0.120. The molecule has 1 unspecified atom stereocenters. The number of rotatable bonds is 5. The fourth-order valence-electron chi connectivity index (χ4n) is 2.78. The Bertz CT molecular complexity index is 316. The summed E-state index contributed by atoms with van der Waals surface area (Å²) in [7, 11) is 0. The van der Waals surface area contributed by atoms with Crippen LogP contribution in [0.2, 0.25) is 0 Å². The molecule has 0 aromatic carbocycles. The Morgan fingerprint density at radius 3 is 2.56 bits per heavy atom. The van der Waals surface area contributed by atoms with Gasteiger partial charge < -0.3 is 15.2 Å². The molecule has 0 aromatic rings. The van der Waals surface area contributed by atoms with Gasteiger partial charge in [0, 0.05) is 25.1 Å². The van der Waals surface area contributed by atoms with Crippen molar-refractivity contribution in [2.75, 3.05) is 19.7 Å². The minimum Gasteiger partial charge on any atom is -0.456 e. The molecule has 2 rings (SSSR count). The molecule has 2 aliphatic rings. The van der Waals surface area contributed by atoms with Gasteiger partial charge in [-0.1, -0.05) is 12.8 Å². The Hall–Kier alpha value is -0.750. The average Bonchev–Trinajstić information content (AvgIpc) is 2.86. The zero-order chi connectivity index (χ0) is 13.2. The van der Waals surface area contributed by atoms with Crippen LogP contribution in [-0.4, -0.2) is 42.8 Å². The lowest BCUT2D eigenvalue weighted by molar-refractivity contribution is -0.159. The molecule has 0 aromatic heterocycles. The van der Waals surface area contributed by atoms with E-state index in [1.165, 1.54) is 0 Å². The Morgan fingerprint density at radius 2 is 2.06 bits per heavy atom. The number of aliphatic hydroxyl groups is 1. The van der Waals surface area contributed by atoms with E-state index in [0.29, 0.717) is 6.54 Å². The first-order valence-corrected chi connectivity index (χ1v) is 6.38. The van der Waals surface area contributed by atoms with Gasteiger partial charge in [0.05, 0.1) is 6.42 Å². The van der Waals surface area contributed by atoms with Crippen LogP contribution in [0.1, 0.15) is 32.1 Å². The molecule has 1 heterocycles. The predicted molar refractivity (Wildman–Crippen MR) is 60.3 cm³/mol. The van der Waals surface area contributed by atoms with Gasteiger partial charge in [-0.3, -0.25) is 0 Å². The molecule has 1 atom stereocenters. The molecule has 6 heteroatoms. The maximum Gasteiger partial charge on any atom is 0.377 e. The van der Waals surface area contributed by atoms with Gasteiger partial charge in [-0.2, -0.15) is 8.78 Å². The normalized spacial score (nSPS) is 29.5. The first-order valence-electron chi connectivity index (χ1n) is 6.38. The second-order valence-electron chi connectivity index (χ2n) is 5.43. The number of halogens is 2. The molecule has 2 N–H and O–H groups in total. The third kappa shape index (κ3) is 2.80. The standard InChI is InChI=1S/C12H19F2NO3/c13-12(14)5-9(18-10(12)17)6-15-7-11(8-16)3-1-2-4-11/h9,15-16H,1-8H2. The maximum atomic E-state index is 12.9. The molecule has 1 aliphatic carbocycles. The molecular formula is C12H19F2NO3. The van der Waals surface area contributed by atoms with Crippen LogP contribution in [0, 0.1) is 5.41 Å². The van der Waals surface area contributed by atoms with Crippen molar-refractivity contribution < 1.29 is 23.4 Å². The third-order valence-electron chi connectivity index (χ3n) is 3.93. The SMILES string of the molecule is O=C1OC(CNCC2(CO)CCCC2)CC1(F)F. The molecule has 0 spiro atoms. The second-order valence-corrected chi connectivity index (χ2v) is 5.43. The van der Waals surface area contributed by atoms with Gasteiger partial charge in [0.15, 0.2) is 0 Å². The van der Waals surface area contributed by atoms with E-state index in [2.05, 4.69) is 10.1 Å². The van der Waals surface area contributed by atoms with Gasteiger partial charge in [-0.25, -0.2) is 4.79 Å². The predicted octanol–water partition coefficient (Wildman–Crippen LogP) is 1.08. The number of hydrogen-bond acceptors (Lipinski definition) is 4. The summed E-state index contributed by atoms with van der Waals surface area (Å²) in [6.45, 7) is 0.923. The Labute approximate surface area is 105 Å². The highest BCUT2D eigenvalue weighted by atomic mass is 19.3. The van der Waals surface area contributed by atoms with Crippen LogP contribution in [-0.2, 0) is 9.53 Å². The van der Waals surface area contributed by atoms with E-state index >= 15 is 0 Å². The monoisotopic (exact) mass is 263 g/mol. The topological polar surface area (TPSA) is 58.6 Å². The van der Waals surface area contributed by atoms with Gasteiger partial charge in [-0.15, -0.1) is 0 Å². The lowest BCUT2D eigenvalue weighted by Crippen LogP contribution is -2.38. The van der Waals surface area contributed by atoms with Gasteiger partial charge in [0.2, 0.25) is 0 Å². The van der Waals surface area contributed by atoms with Crippen molar-refractivity contribution in [1.29, 1.82) is 0 Å². The van der Waals surface area contributed by atoms with Crippen LogP contribution in [0.4, 0.5) is 8.78 Å². The van der Waals surface area contributed by atoms with Crippen LogP contribution in [0.3, 0.4) is 0 Å². The van der Waals surface area contributed by atoms with Crippen molar-refractivity contribution in [2.45, 2.75) is 44.1 Å². The zero-order valence-corrected chi connectivity index (χ0v) is 10.3. The van der Waals surface area contributed by atoms with Crippen molar-refractivity contribution in [3.63, 3.8) is 0 Å². The molecular weight excluding hydrogens is 244 g/mol. The Balaban J connectivity index is 1.75. The molecule has 1 aliphatic heterocycles. The van der Waals surface area contributed by atoms with E-state index in [-0.39, 0.29) is 18.6 Å². The molecule has 0 amide bonds. The average molecular weight is 263 g/mol. The summed E-state index contributed by atoms with van der Waals surface area (Å²) in [6.07, 6.45) is 2.79. The molecule has 1 saturated carbocycles. The van der Waals surface area contributed by atoms with Crippen molar-refractivity contribution in [2.24, 2.45) is 5.41 Å². The van der Waals surface area contributed by atoms with Crippen molar-refractivity contribution in [1.82, 2.24) is 5.32 Å². The van der Waals surface area contributed by atoms with Crippen LogP contribution in [0.25, 0.3) is 0 Å². The van der Waals surface area contributed by atoms with E-state index in [4.69, 9.17) is 0 Å². The summed E-state index contributed by atoms with van der Waals surface area (Å²) in [5.74, 6) is -4.76. The summed E-state index contributed by atoms with van der Waals surface area (Å²) < 4.78 is 30.4. The van der Waals surface area contributed by atoms with Crippen LogP contribution < -0.4 is 5.32 Å². The summed E-state index contributed by atoms with van der Waals surface area (Å²) in [4.78, 5) is 10.8. The number of ether oxygens (including phenoxy) is 1. The molecule has 1 saturated heterocycles. The fraction of sp³-hybridized carbons (Fsp3) is 0.917. The van der Waals surface area contributed by atoms with Crippen LogP contribution >= 0.6 is 0 Å². The van der Waals surface area contributed by atoms with E-state index in [1.807, 2.05) is 0 Å². The van der Waals surface area contributed by atoms with Crippen LogP contribution in [0.5, 0.6) is 0 Å². The molecule has 104 valence electrons. The smallest absolute Gasteiger partial charge is 0.377 e. The fourth-order valence-corrected chi connectivity index (χ4v) is 2.78. The number of alkyl halides is 2. The number of aliphatic hydroxyl groups excluding tert-OH is 1. The van der Waals surface area contributed by atoms with Crippen molar-refractivity contribution >= 4 is 5.97 Å². The number of carbonyl (C=O) groups excluding carboxylic acids is 1. The largest absolute Gasteiger partial charge is 0.456 e. The maximum absolute atomic E-state index is 12.9. The lowest BCUT2D eigenvalue weighted by atomic mass is 9.87. The molecule has 0 radical (unpaired) electrons. The van der Waals surface area contributed by atoms with E-state index in [9.17, 15) is 18.7 Å². The summed E-state index contributed by atoms with van der Waals surface area (Å²) >= 11 is 0. The summed E-state index contributed by atoms with van der Waals surface area (Å²) in [5, 5.41) is 12.4. The number of carbonyl (C=O) groups is 1. The second kappa shape index (κ2) is 5.09. The number of nitrogens with one attached hydrogen (secondary N) is 1. The van der Waals surface area contributed by atoms with E-state index in [0.717, 1.165) is 25.7 Å². The zero-order valence-electron chi connectivity index (χ0n) is 10.3. The molecule has 4 nitrogen and oxygen atoms in total. The molecule has 0 bridgehead atoms. The first-order chi connectivity index (χ1) is 8.47. The minimum absolute atomic E-state index is 0.112. The van der Waals surface area contributed by atoms with Gasteiger partial charge >= 0.3 is 11.9 Å². The highest BCUT2D eigenvalue weighted by molar-refractivity contribution is 5.79. The van der Waals surface area contributed by atoms with Gasteiger partial charge in [0.1, 0.15) is 6.10 Å². The summed E-state index contributed by atoms with van der Waals surface area (Å²) in [6, 6.07) is 0. The van der Waals surface area contributed by atoms with E-state index < -0.39 is 24.4 Å².